The number of alkyl halides is 1. The molecule has 15 heavy (non-hydrogen) atoms. The standard InChI is InChI=1S/C10H13BrN2O2/c1-2-15-10(14)9-5-7(6-11)12-13(9)8-3-4-8/h5,8H,2-4,6H2,1H3. The first-order valence-electron chi connectivity index (χ1n) is 5.07. The smallest absolute Gasteiger partial charge is 0.356 e. The van der Waals surface area contributed by atoms with Gasteiger partial charge in [0.2, 0.25) is 0 Å². The highest BCUT2D eigenvalue weighted by Gasteiger charge is 2.29. The van der Waals surface area contributed by atoms with Gasteiger partial charge in [-0.15, -0.1) is 0 Å². The lowest BCUT2D eigenvalue weighted by atomic mass is 10.3. The van der Waals surface area contributed by atoms with Crippen LogP contribution in [-0.2, 0) is 10.1 Å². The van der Waals surface area contributed by atoms with Crippen LogP contribution in [0.15, 0.2) is 6.07 Å². The molecule has 0 saturated heterocycles. The number of hydrogen-bond acceptors (Lipinski definition) is 3. The molecule has 1 fully saturated rings. The first kappa shape index (κ1) is 10.7. The second-order valence-corrected chi connectivity index (χ2v) is 4.11. The molecule has 1 aliphatic carbocycles. The molecule has 0 aliphatic heterocycles. The molecule has 5 heteroatoms. The first-order valence-corrected chi connectivity index (χ1v) is 6.20. The molecule has 0 spiro atoms. The Bertz CT molecular complexity index is 371. The molecule has 82 valence electrons. The van der Waals surface area contributed by atoms with Crippen molar-refractivity contribution >= 4 is 21.9 Å². The summed E-state index contributed by atoms with van der Waals surface area (Å²) in [4.78, 5) is 11.6. The molecule has 0 bridgehead atoms. The Hall–Kier alpha value is -0.840. The number of ether oxygens (including phenoxy) is 1. The minimum absolute atomic E-state index is 0.274. The maximum Gasteiger partial charge on any atom is 0.356 e. The van der Waals surface area contributed by atoms with Crippen molar-refractivity contribution in [3.63, 3.8) is 0 Å². The molecular weight excluding hydrogens is 260 g/mol. The van der Waals surface area contributed by atoms with E-state index in [0.29, 0.717) is 23.7 Å². The Kier molecular flexibility index (Phi) is 3.09. The van der Waals surface area contributed by atoms with E-state index in [1.165, 1.54) is 0 Å². The molecule has 0 atom stereocenters. The Balaban J connectivity index is 2.26. The highest BCUT2D eigenvalue weighted by molar-refractivity contribution is 9.08. The van der Waals surface area contributed by atoms with Crippen molar-refractivity contribution in [2.24, 2.45) is 0 Å². The number of halogens is 1. The van der Waals surface area contributed by atoms with Gasteiger partial charge in [-0.25, -0.2) is 4.79 Å². The van der Waals surface area contributed by atoms with Gasteiger partial charge in [0.05, 0.1) is 18.3 Å². The Labute approximate surface area is 96.7 Å². The lowest BCUT2D eigenvalue weighted by Gasteiger charge is -2.04. The highest BCUT2D eigenvalue weighted by Crippen LogP contribution is 2.35. The van der Waals surface area contributed by atoms with Crippen LogP contribution < -0.4 is 0 Å². The lowest BCUT2D eigenvalue weighted by molar-refractivity contribution is 0.0511. The van der Waals surface area contributed by atoms with Crippen LogP contribution in [0.1, 0.15) is 42.0 Å². The van der Waals surface area contributed by atoms with Gasteiger partial charge in [0.15, 0.2) is 0 Å². The number of esters is 1. The predicted octanol–water partition coefficient (Wildman–Crippen LogP) is 2.29. The number of nitrogens with zero attached hydrogens (tertiary/aromatic N) is 2. The van der Waals surface area contributed by atoms with Crippen LogP contribution in [0.25, 0.3) is 0 Å². The van der Waals surface area contributed by atoms with E-state index < -0.39 is 0 Å². The van der Waals surface area contributed by atoms with Crippen molar-refractivity contribution in [3.8, 4) is 0 Å². The number of carbonyl (C=O) groups excluding carboxylic acids is 1. The lowest BCUT2D eigenvalue weighted by Crippen LogP contribution is -2.12. The van der Waals surface area contributed by atoms with Crippen molar-refractivity contribution in [2.45, 2.75) is 31.1 Å². The molecule has 0 amide bonds. The van der Waals surface area contributed by atoms with Gasteiger partial charge in [-0.3, -0.25) is 4.68 Å². The Morgan fingerprint density at radius 3 is 3.00 bits per heavy atom. The van der Waals surface area contributed by atoms with Crippen LogP contribution in [0.3, 0.4) is 0 Å². The molecule has 1 aromatic heterocycles. The van der Waals surface area contributed by atoms with Crippen LogP contribution in [0, 0.1) is 0 Å². The predicted molar refractivity (Wildman–Crippen MR) is 59.1 cm³/mol. The quantitative estimate of drug-likeness (QED) is 0.624. The molecule has 1 aliphatic rings. The molecule has 0 N–H and O–H groups in total. The van der Waals surface area contributed by atoms with Gasteiger partial charge in [-0.05, 0) is 25.8 Å². The summed E-state index contributed by atoms with van der Waals surface area (Å²) in [5, 5.41) is 5.03. The van der Waals surface area contributed by atoms with Crippen molar-refractivity contribution in [1.82, 2.24) is 9.78 Å². The summed E-state index contributed by atoms with van der Waals surface area (Å²) in [6.07, 6.45) is 2.21. The number of hydrogen-bond donors (Lipinski definition) is 0. The summed E-state index contributed by atoms with van der Waals surface area (Å²) in [5.41, 5.74) is 1.46. The molecule has 4 nitrogen and oxygen atoms in total. The van der Waals surface area contributed by atoms with E-state index in [0.717, 1.165) is 18.5 Å². The summed E-state index contributed by atoms with van der Waals surface area (Å²) >= 11 is 3.33. The topological polar surface area (TPSA) is 44.1 Å². The van der Waals surface area contributed by atoms with Crippen LogP contribution in [-0.4, -0.2) is 22.4 Å². The van der Waals surface area contributed by atoms with Gasteiger partial charge >= 0.3 is 5.97 Å². The van der Waals surface area contributed by atoms with Crippen molar-refractivity contribution in [1.29, 1.82) is 0 Å². The average molecular weight is 273 g/mol. The van der Waals surface area contributed by atoms with Crippen LogP contribution in [0.4, 0.5) is 0 Å². The van der Waals surface area contributed by atoms with E-state index in [1.54, 1.807) is 17.7 Å². The molecule has 1 aromatic rings. The van der Waals surface area contributed by atoms with E-state index in [1.807, 2.05) is 0 Å². The van der Waals surface area contributed by atoms with Gasteiger partial charge < -0.3 is 4.74 Å². The number of carbonyl (C=O) groups is 1. The summed E-state index contributed by atoms with van der Waals surface area (Å²) in [6, 6.07) is 2.20. The molecule has 1 heterocycles. The number of aromatic nitrogens is 2. The summed E-state index contributed by atoms with van der Waals surface area (Å²) in [6.45, 7) is 2.21. The minimum atomic E-state index is -0.274. The zero-order chi connectivity index (χ0) is 10.8. The van der Waals surface area contributed by atoms with Gasteiger partial charge in [-0.2, -0.15) is 5.10 Å². The van der Waals surface area contributed by atoms with Crippen molar-refractivity contribution in [2.75, 3.05) is 6.61 Å². The third-order valence-electron chi connectivity index (χ3n) is 2.30. The van der Waals surface area contributed by atoms with Crippen LogP contribution in [0.5, 0.6) is 0 Å². The summed E-state index contributed by atoms with van der Waals surface area (Å²) in [5.74, 6) is -0.274. The fourth-order valence-electron chi connectivity index (χ4n) is 1.47. The zero-order valence-corrected chi connectivity index (χ0v) is 10.2. The largest absolute Gasteiger partial charge is 0.461 e. The molecule has 0 aromatic carbocycles. The number of rotatable bonds is 4. The fourth-order valence-corrected chi connectivity index (χ4v) is 1.74. The molecule has 1 saturated carbocycles. The third-order valence-corrected chi connectivity index (χ3v) is 2.88. The van der Waals surface area contributed by atoms with Crippen LogP contribution in [0.2, 0.25) is 0 Å². The summed E-state index contributed by atoms with van der Waals surface area (Å²) in [7, 11) is 0. The molecule has 0 unspecified atom stereocenters. The van der Waals surface area contributed by atoms with Crippen molar-refractivity contribution in [3.05, 3.63) is 17.5 Å². The molecule has 2 rings (SSSR count). The monoisotopic (exact) mass is 272 g/mol. The van der Waals surface area contributed by atoms with Crippen molar-refractivity contribution < 1.29 is 9.53 Å². The maximum absolute atomic E-state index is 11.6. The SMILES string of the molecule is CCOC(=O)c1cc(CBr)nn1C1CC1. The van der Waals surface area contributed by atoms with Gasteiger partial charge in [0.25, 0.3) is 0 Å². The minimum Gasteiger partial charge on any atom is -0.461 e. The summed E-state index contributed by atoms with van der Waals surface area (Å²) < 4.78 is 6.79. The normalized spacial score (nSPS) is 15.3. The van der Waals surface area contributed by atoms with E-state index in [-0.39, 0.29) is 5.97 Å². The highest BCUT2D eigenvalue weighted by atomic mass is 79.9. The fraction of sp³-hybridized carbons (Fsp3) is 0.600. The first-order chi connectivity index (χ1) is 7.26. The Morgan fingerprint density at radius 2 is 2.47 bits per heavy atom. The van der Waals surface area contributed by atoms with E-state index in [2.05, 4.69) is 21.0 Å². The molecular formula is C10H13BrN2O2. The van der Waals surface area contributed by atoms with E-state index >= 15 is 0 Å². The maximum atomic E-state index is 11.6. The second kappa shape index (κ2) is 4.35. The van der Waals surface area contributed by atoms with E-state index in [9.17, 15) is 4.79 Å². The average Bonchev–Trinajstić information content (AvgIpc) is 2.98. The molecule has 0 radical (unpaired) electrons. The Morgan fingerprint density at radius 1 is 1.73 bits per heavy atom. The van der Waals surface area contributed by atoms with E-state index in [4.69, 9.17) is 4.74 Å². The van der Waals surface area contributed by atoms with Gasteiger partial charge in [0, 0.05) is 5.33 Å². The van der Waals surface area contributed by atoms with Gasteiger partial charge in [-0.1, -0.05) is 15.9 Å². The second-order valence-electron chi connectivity index (χ2n) is 3.55. The van der Waals surface area contributed by atoms with Gasteiger partial charge in [0.1, 0.15) is 5.69 Å². The van der Waals surface area contributed by atoms with Crippen LogP contribution >= 0.6 is 15.9 Å². The third kappa shape index (κ3) is 2.22. The zero-order valence-electron chi connectivity index (χ0n) is 8.57.